The molecule has 1 amide bonds. The summed E-state index contributed by atoms with van der Waals surface area (Å²) in [6.07, 6.45) is -2.08. The molecular weight excluding hydrogens is 232 g/mol. The van der Waals surface area contributed by atoms with Crippen molar-refractivity contribution >= 4 is 23.4 Å². The van der Waals surface area contributed by atoms with Gasteiger partial charge in [0.05, 0.1) is 5.69 Å². The number of hydrogen-bond acceptors (Lipinski definition) is 2. The molecule has 1 unspecified atom stereocenters. The number of anilines is 1. The zero-order valence-corrected chi connectivity index (χ0v) is 9.14. The molecule has 1 aromatic carbocycles. The van der Waals surface area contributed by atoms with Gasteiger partial charge in [-0.1, -0.05) is 23.9 Å². The first-order valence-corrected chi connectivity index (χ1v) is 5.86. The summed E-state index contributed by atoms with van der Waals surface area (Å²) in [5, 5.41) is 0. The van der Waals surface area contributed by atoms with Crippen LogP contribution in [0.5, 0.6) is 0 Å². The molecule has 2 aliphatic rings. The number of para-hydroxylation sites is 1. The molecule has 0 spiro atoms. The predicted octanol–water partition coefficient (Wildman–Crippen LogP) is 2.88. The number of thioether (sulfide) groups is 1. The second-order valence-electron chi connectivity index (χ2n) is 3.94. The molecule has 2 nitrogen and oxygen atoms in total. The molecule has 0 radical (unpaired) electrons. The number of halogens is 2. The molecule has 0 aliphatic carbocycles. The Morgan fingerprint density at radius 3 is 2.88 bits per heavy atom. The Kier molecular flexibility index (Phi) is 2.01. The highest BCUT2D eigenvalue weighted by Gasteiger charge is 2.57. The monoisotopic (exact) mass is 241 g/mol. The van der Waals surface area contributed by atoms with Crippen molar-refractivity contribution in [2.45, 2.75) is 29.0 Å². The molecule has 16 heavy (non-hydrogen) atoms. The summed E-state index contributed by atoms with van der Waals surface area (Å²) in [6, 6.07) is 7.09. The molecule has 2 aliphatic heterocycles. The molecule has 1 aromatic rings. The third kappa shape index (κ3) is 1.09. The summed E-state index contributed by atoms with van der Waals surface area (Å²) < 4.78 is 26.4. The van der Waals surface area contributed by atoms with Crippen LogP contribution in [0.2, 0.25) is 0 Å². The molecule has 3 rings (SSSR count). The van der Waals surface area contributed by atoms with E-state index in [1.54, 1.807) is 24.3 Å². The van der Waals surface area contributed by atoms with Gasteiger partial charge in [-0.3, -0.25) is 9.69 Å². The van der Waals surface area contributed by atoms with Crippen molar-refractivity contribution < 1.29 is 13.6 Å². The highest BCUT2D eigenvalue weighted by Crippen LogP contribution is 2.57. The van der Waals surface area contributed by atoms with Crippen LogP contribution in [0.15, 0.2) is 29.2 Å². The van der Waals surface area contributed by atoms with Crippen LogP contribution >= 0.6 is 11.8 Å². The number of carbonyl (C=O) groups excluding carboxylic acids is 1. The fourth-order valence-corrected chi connectivity index (χ4v) is 3.70. The molecule has 5 heteroatoms. The van der Waals surface area contributed by atoms with Gasteiger partial charge in [0.1, 0.15) is 0 Å². The lowest BCUT2D eigenvalue weighted by Gasteiger charge is -2.29. The smallest absolute Gasteiger partial charge is 0.271 e. The van der Waals surface area contributed by atoms with Crippen LogP contribution in [0.4, 0.5) is 14.5 Å². The number of alkyl halides is 2. The Hall–Kier alpha value is -1.10. The topological polar surface area (TPSA) is 20.3 Å². The number of fused-ring (bicyclic) bond motifs is 3. The SMILES string of the molecule is O=C1CCC2(C(F)F)Sc3ccccc3N12. The van der Waals surface area contributed by atoms with Crippen molar-refractivity contribution in [1.29, 1.82) is 0 Å². The zero-order valence-electron chi connectivity index (χ0n) is 8.32. The predicted molar refractivity (Wildman–Crippen MR) is 57.8 cm³/mol. The molecular formula is C11H9F2NOS. The van der Waals surface area contributed by atoms with Crippen LogP contribution in [-0.2, 0) is 4.79 Å². The van der Waals surface area contributed by atoms with Gasteiger partial charge >= 0.3 is 0 Å². The van der Waals surface area contributed by atoms with Gasteiger partial charge in [-0.25, -0.2) is 8.78 Å². The maximum Gasteiger partial charge on any atom is 0.271 e. The van der Waals surface area contributed by atoms with Gasteiger partial charge in [0, 0.05) is 11.3 Å². The number of benzene rings is 1. The average Bonchev–Trinajstić information content (AvgIpc) is 2.75. The van der Waals surface area contributed by atoms with Crippen LogP contribution in [0, 0.1) is 0 Å². The lowest BCUT2D eigenvalue weighted by molar-refractivity contribution is -0.117. The third-order valence-electron chi connectivity index (χ3n) is 3.06. The number of rotatable bonds is 1. The highest BCUT2D eigenvalue weighted by molar-refractivity contribution is 8.01. The third-order valence-corrected chi connectivity index (χ3v) is 4.54. The van der Waals surface area contributed by atoms with Gasteiger partial charge in [-0.15, -0.1) is 0 Å². The number of amides is 1. The summed E-state index contributed by atoms with van der Waals surface area (Å²) in [5.74, 6) is -0.197. The van der Waals surface area contributed by atoms with Crippen LogP contribution < -0.4 is 4.90 Å². The van der Waals surface area contributed by atoms with Crippen molar-refractivity contribution in [3.8, 4) is 0 Å². The molecule has 0 aromatic heterocycles. The van der Waals surface area contributed by atoms with E-state index in [-0.39, 0.29) is 18.7 Å². The average molecular weight is 241 g/mol. The fraction of sp³-hybridized carbons (Fsp3) is 0.364. The molecule has 1 atom stereocenters. The lowest BCUT2D eigenvalue weighted by atomic mass is 10.2. The first-order valence-electron chi connectivity index (χ1n) is 5.04. The normalized spacial score (nSPS) is 27.4. The van der Waals surface area contributed by atoms with E-state index in [4.69, 9.17) is 0 Å². The van der Waals surface area contributed by atoms with Gasteiger partial charge in [-0.2, -0.15) is 0 Å². The summed E-state index contributed by atoms with van der Waals surface area (Å²) in [7, 11) is 0. The van der Waals surface area contributed by atoms with Crippen molar-refractivity contribution in [1.82, 2.24) is 0 Å². The Morgan fingerprint density at radius 1 is 1.38 bits per heavy atom. The zero-order chi connectivity index (χ0) is 11.3. The van der Waals surface area contributed by atoms with Crippen molar-refractivity contribution in [2.75, 3.05) is 4.90 Å². The number of hydrogen-bond donors (Lipinski definition) is 0. The quantitative estimate of drug-likeness (QED) is 0.753. The van der Waals surface area contributed by atoms with Gasteiger partial charge in [0.2, 0.25) is 5.91 Å². The molecule has 2 heterocycles. The van der Waals surface area contributed by atoms with E-state index in [1.165, 1.54) is 4.90 Å². The molecule has 0 bridgehead atoms. The summed E-state index contributed by atoms with van der Waals surface area (Å²) in [6.45, 7) is 0. The Morgan fingerprint density at radius 2 is 2.12 bits per heavy atom. The second kappa shape index (κ2) is 3.20. The lowest BCUT2D eigenvalue weighted by Crippen LogP contribution is -2.45. The van der Waals surface area contributed by atoms with E-state index >= 15 is 0 Å². The highest BCUT2D eigenvalue weighted by atomic mass is 32.2. The fourth-order valence-electron chi connectivity index (χ4n) is 2.33. The second-order valence-corrected chi connectivity index (χ2v) is 5.30. The number of carbonyl (C=O) groups is 1. The molecule has 0 saturated carbocycles. The van der Waals surface area contributed by atoms with E-state index < -0.39 is 11.3 Å². The molecule has 84 valence electrons. The minimum absolute atomic E-state index is 0.197. The largest absolute Gasteiger partial charge is 0.290 e. The maximum atomic E-state index is 13.2. The van der Waals surface area contributed by atoms with E-state index in [0.29, 0.717) is 5.69 Å². The Labute approximate surface area is 95.6 Å². The van der Waals surface area contributed by atoms with Gasteiger partial charge in [-0.05, 0) is 18.6 Å². The van der Waals surface area contributed by atoms with E-state index in [9.17, 15) is 13.6 Å². The summed E-state index contributed by atoms with van der Waals surface area (Å²) in [4.78, 5) is 12.4. The first-order chi connectivity index (χ1) is 7.65. The van der Waals surface area contributed by atoms with Crippen LogP contribution in [-0.4, -0.2) is 17.2 Å². The molecule has 1 fully saturated rings. The van der Waals surface area contributed by atoms with E-state index in [0.717, 1.165) is 16.7 Å². The summed E-state index contributed by atoms with van der Waals surface area (Å²) >= 11 is 1.12. The minimum Gasteiger partial charge on any atom is -0.290 e. The van der Waals surface area contributed by atoms with Crippen LogP contribution in [0.3, 0.4) is 0 Å². The Bertz CT molecular complexity index is 465. The maximum absolute atomic E-state index is 13.2. The van der Waals surface area contributed by atoms with Crippen molar-refractivity contribution in [2.24, 2.45) is 0 Å². The van der Waals surface area contributed by atoms with Gasteiger partial charge in [0.15, 0.2) is 4.87 Å². The van der Waals surface area contributed by atoms with E-state index in [2.05, 4.69) is 0 Å². The summed E-state index contributed by atoms with van der Waals surface area (Å²) in [5.41, 5.74) is 0.635. The van der Waals surface area contributed by atoms with Crippen LogP contribution in [0.1, 0.15) is 12.8 Å². The van der Waals surface area contributed by atoms with Crippen molar-refractivity contribution in [3.63, 3.8) is 0 Å². The first kappa shape index (κ1) is 10.1. The van der Waals surface area contributed by atoms with Crippen LogP contribution in [0.25, 0.3) is 0 Å². The minimum atomic E-state index is -2.52. The van der Waals surface area contributed by atoms with Gasteiger partial charge < -0.3 is 0 Å². The van der Waals surface area contributed by atoms with E-state index in [1.807, 2.05) is 0 Å². The van der Waals surface area contributed by atoms with Crippen molar-refractivity contribution in [3.05, 3.63) is 24.3 Å². The van der Waals surface area contributed by atoms with Gasteiger partial charge in [0.25, 0.3) is 6.43 Å². The molecule has 0 N–H and O–H groups in total. The Balaban J connectivity index is 2.16. The standard InChI is InChI=1S/C11H9F2NOS/c12-10(13)11-6-5-9(15)14(11)7-3-1-2-4-8(7)16-11/h1-4,10H,5-6H2. The number of nitrogens with zero attached hydrogens (tertiary/aromatic N) is 1. The molecule has 1 saturated heterocycles.